The van der Waals surface area contributed by atoms with Gasteiger partial charge in [-0.15, -0.1) is 0 Å². The number of aliphatic hydroxyl groups excluding tert-OH is 1. The van der Waals surface area contributed by atoms with Crippen molar-refractivity contribution in [3.8, 4) is 0 Å². The molecule has 4 heteroatoms. The summed E-state index contributed by atoms with van der Waals surface area (Å²) >= 11 is 0. The second-order valence-electron chi connectivity index (χ2n) is 5.03. The molecule has 2 N–H and O–H groups in total. The summed E-state index contributed by atoms with van der Waals surface area (Å²) in [6.07, 6.45) is 0.661. The van der Waals surface area contributed by atoms with Crippen LogP contribution in [0, 0.1) is 11.7 Å². The van der Waals surface area contributed by atoms with Crippen LogP contribution in [0.25, 0.3) is 0 Å². The van der Waals surface area contributed by atoms with Gasteiger partial charge in [-0.3, -0.25) is 0 Å². The first-order valence-electron chi connectivity index (χ1n) is 6.55. The SMILES string of the molecule is CC1CNCC(CCO)N(c2ccccc2F)C1. The molecule has 0 aromatic heterocycles. The van der Waals surface area contributed by atoms with Crippen molar-refractivity contribution in [2.75, 3.05) is 31.1 Å². The highest BCUT2D eigenvalue weighted by atomic mass is 19.1. The van der Waals surface area contributed by atoms with Crippen molar-refractivity contribution in [1.29, 1.82) is 0 Å². The van der Waals surface area contributed by atoms with Gasteiger partial charge >= 0.3 is 0 Å². The summed E-state index contributed by atoms with van der Waals surface area (Å²) in [7, 11) is 0. The Morgan fingerprint density at radius 2 is 2.17 bits per heavy atom. The maximum Gasteiger partial charge on any atom is 0.146 e. The minimum atomic E-state index is -0.186. The predicted octanol–water partition coefficient (Wildman–Crippen LogP) is 1.62. The fourth-order valence-electron chi connectivity index (χ4n) is 2.54. The normalized spacial score (nSPS) is 24.9. The minimum Gasteiger partial charge on any atom is -0.396 e. The number of nitrogens with zero attached hydrogens (tertiary/aromatic N) is 1. The van der Waals surface area contributed by atoms with E-state index in [4.69, 9.17) is 5.11 Å². The van der Waals surface area contributed by atoms with E-state index in [0.29, 0.717) is 18.0 Å². The Balaban J connectivity index is 2.26. The average molecular weight is 252 g/mol. The molecule has 2 atom stereocenters. The second kappa shape index (κ2) is 6.16. The summed E-state index contributed by atoms with van der Waals surface area (Å²) in [5.74, 6) is 0.280. The van der Waals surface area contributed by atoms with E-state index < -0.39 is 0 Å². The number of para-hydroxylation sites is 1. The van der Waals surface area contributed by atoms with Gasteiger partial charge in [0, 0.05) is 25.7 Å². The Kier molecular flexibility index (Phi) is 4.55. The lowest BCUT2D eigenvalue weighted by Gasteiger charge is -2.32. The first-order valence-corrected chi connectivity index (χ1v) is 6.55. The molecule has 1 heterocycles. The zero-order valence-electron chi connectivity index (χ0n) is 10.8. The number of aliphatic hydroxyl groups is 1. The Morgan fingerprint density at radius 1 is 1.39 bits per heavy atom. The van der Waals surface area contributed by atoms with Gasteiger partial charge in [-0.2, -0.15) is 0 Å². The van der Waals surface area contributed by atoms with Gasteiger partial charge in [-0.05, 0) is 31.0 Å². The first-order chi connectivity index (χ1) is 8.72. The van der Waals surface area contributed by atoms with Crippen molar-refractivity contribution in [2.45, 2.75) is 19.4 Å². The van der Waals surface area contributed by atoms with Crippen LogP contribution in [0.3, 0.4) is 0 Å². The monoisotopic (exact) mass is 252 g/mol. The lowest BCUT2D eigenvalue weighted by atomic mass is 10.1. The Hall–Kier alpha value is -1.13. The predicted molar refractivity (Wildman–Crippen MR) is 71.3 cm³/mol. The fraction of sp³-hybridized carbons (Fsp3) is 0.571. The zero-order valence-corrected chi connectivity index (χ0v) is 10.8. The van der Waals surface area contributed by atoms with Crippen molar-refractivity contribution in [3.05, 3.63) is 30.1 Å². The van der Waals surface area contributed by atoms with Gasteiger partial charge in [-0.1, -0.05) is 19.1 Å². The van der Waals surface area contributed by atoms with Crippen LogP contribution in [0.15, 0.2) is 24.3 Å². The topological polar surface area (TPSA) is 35.5 Å². The molecule has 0 saturated carbocycles. The molecule has 18 heavy (non-hydrogen) atoms. The van der Waals surface area contributed by atoms with Crippen LogP contribution in [0.5, 0.6) is 0 Å². The van der Waals surface area contributed by atoms with E-state index in [9.17, 15) is 4.39 Å². The van der Waals surface area contributed by atoms with E-state index in [-0.39, 0.29) is 18.5 Å². The molecule has 2 rings (SSSR count). The summed E-state index contributed by atoms with van der Waals surface area (Å²) in [6.45, 7) is 4.83. The smallest absolute Gasteiger partial charge is 0.146 e. The molecular formula is C14H21FN2O. The molecule has 0 aliphatic carbocycles. The molecule has 1 fully saturated rings. The molecule has 1 saturated heterocycles. The summed E-state index contributed by atoms with van der Waals surface area (Å²) in [5.41, 5.74) is 0.645. The van der Waals surface area contributed by atoms with Gasteiger partial charge in [-0.25, -0.2) is 4.39 Å². The molecule has 1 aromatic carbocycles. The van der Waals surface area contributed by atoms with Crippen LogP contribution < -0.4 is 10.2 Å². The number of halogens is 1. The zero-order chi connectivity index (χ0) is 13.0. The van der Waals surface area contributed by atoms with Crippen molar-refractivity contribution in [3.63, 3.8) is 0 Å². The summed E-state index contributed by atoms with van der Waals surface area (Å²) in [6, 6.07) is 7.03. The molecule has 1 aliphatic rings. The van der Waals surface area contributed by atoms with Gasteiger partial charge in [0.1, 0.15) is 5.82 Å². The van der Waals surface area contributed by atoms with Gasteiger partial charge < -0.3 is 15.3 Å². The molecule has 3 nitrogen and oxygen atoms in total. The number of anilines is 1. The number of rotatable bonds is 3. The largest absolute Gasteiger partial charge is 0.396 e. The second-order valence-corrected chi connectivity index (χ2v) is 5.03. The van der Waals surface area contributed by atoms with Crippen LogP contribution in [0.2, 0.25) is 0 Å². The van der Waals surface area contributed by atoms with Gasteiger partial charge in [0.2, 0.25) is 0 Å². The Bertz CT molecular complexity index is 386. The third kappa shape index (κ3) is 3.00. The summed E-state index contributed by atoms with van der Waals surface area (Å²) < 4.78 is 13.9. The number of nitrogens with one attached hydrogen (secondary N) is 1. The van der Waals surface area contributed by atoms with Crippen molar-refractivity contribution in [2.24, 2.45) is 5.92 Å². The molecule has 2 unspecified atom stereocenters. The number of hydrogen-bond acceptors (Lipinski definition) is 3. The van der Waals surface area contributed by atoms with E-state index >= 15 is 0 Å². The molecule has 100 valence electrons. The molecular weight excluding hydrogens is 231 g/mol. The first kappa shape index (κ1) is 13.3. The molecule has 0 amide bonds. The van der Waals surface area contributed by atoms with Gasteiger partial charge in [0.15, 0.2) is 0 Å². The van der Waals surface area contributed by atoms with E-state index in [1.165, 1.54) is 6.07 Å². The third-order valence-electron chi connectivity index (χ3n) is 3.45. The summed E-state index contributed by atoms with van der Waals surface area (Å²) in [4.78, 5) is 2.09. The fourth-order valence-corrected chi connectivity index (χ4v) is 2.54. The molecule has 1 aliphatic heterocycles. The Morgan fingerprint density at radius 3 is 2.89 bits per heavy atom. The third-order valence-corrected chi connectivity index (χ3v) is 3.45. The highest BCUT2D eigenvalue weighted by molar-refractivity contribution is 5.49. The van der Waals surface area contributed by atoms with Crippen LogP contribution in [0.1, 0.15) is 13.3 Å². The molecule has 0 bridgehead atoms. The van der Waals surface area contributed by atoms with Crippen LogP contribution >= 0.6 is 0 Å². The van der Waals surface area contributed by atoms with Crippen molar-refractivity contribution < 1.29 is 9.50 Å². The van der Waals surface area contributed by atoms with Gasteiger partial charge in [0.05, 0.1) is 5.69 Å². The average Bonchev–Trinajstić information content (AvgIpc) is 2.53. The van der Waals surface area contributed by atoms with Crippen molar-refractivity contribution >= 4 is 5.69 Å². The highest BCUT2D eigenvalue weighted by Gasteiger charge is 2.25. The molecule has 0 radical (unpaired) electrons. The summed E-state index contributed by atoms with van der Waals surface area (Å²) in [5, 5.41) is 12.5. The van der Waals surface area contributed by atoms with E-state index in [1.807, 2.05) is 12.1 Å². The molecule has 0 spiro atoms. The van der Waals surface area contributed by atoms with Crippen LogP contribution in [-0.2, 0) is 0 Å². The lowest BCUT2D eigenvalue weighted by molar-refractivity contribution is 0.272. The number of benzene rings is 1. The maximum atomic E-state index is 13.9. The Labute approximate surface area is 108 Å². The lowest BCUT2D eigenvalue weighted by Crippen LogP contribution is -2.41. The van der Waals surface area contributed by atoms with Crippen LogP contribution in [0.4, 0.5) is 10.1 Å². The van der Waals surface area contributed by atoms with Crippen LogP contribution in [-0.4, -0.2) is 37.4 Å². The van der Waals surface area contributed by atoms with E-state index in [0.717, 1.165) is 19.6 Å². The highest BCUT2D eigenvalue weighted by Crippen LogP contribution is 2.24. The van der Waals surface area contributed by atoms with E-state index in [1.54, 1.807) is 6.07 Å². The van der Waals surface area contributed by atoms with E-state index in [2.05, 4.69) is 17.1 Å². The number of hydrogen-bond donors (Lipinski definition) is 2. The van der Waals surface area contributed by atoms with Crippen molar-refractivity contribution in [1.82, 2.24) is 5.32 Å². The van der Waals surface area contributed by atoms with Gasteiger partial charge in [0.25, 0.3) is 0 Å². The standard InChI is InChI=1S/C14H21FN2O/c1-11-8-16-9-12(6-7-18)17(10-11)14-5-3-2-4-13(14)15/h2-5,11-12,16,18H,6-10H2,1H3. The minimum absolute atomic E-state index is 0.131. The maximum absolute atomic E-state index is 13.9. The quantitative estimate of drug-likeness (QED) is 0.858. The molecule has 1 aromatic rings.